The molecule has 1 aromatic rings. The second-order valence-electron chi connectivity index (χ2n) is 5.15. The van der Waals surface area contributed by atoms with E-state index >= 15 is 0 Å². The third kappa shape index (κ3) is 3.37. The van der Waals surface area contributed by atoms with Crippen LogP contribution in [0.25, 0.3) is 0 Å². The van der Waals surface area contributed by atoms with Gasteiger partial charge < -0.3 is 16.0 Å². The lowest BCUT2D eigenvalue weighted by molar-refractivity contribution is -0.130. The highest BCUT2D eigenvalue weighted by molar-refractivity contribution is 5.81. The molecule has 6 heteroatoms. The topological polar surface area (TPSA) is 84.1 Å². The lowest BCUT2D eigenvalue weighted by atomic mass is 10.1. The van der Waals surface area contributed by atoms with Crippen molar-refractivity contribution in [1.82, 2.24) is 14.9 Å². The van der Waals surface area contributed by atoms with Crippen molar-refractivity contribution in [2.45, 2.75) is 39.5 Å². The second-order valence-corrected chi connectivity index (χ2v) is 5.15. The van der Waals surface area contributed by atoms with Crippen LogP contribution < -0.4 is 11.1 Å². The summed E-state index contributed by atoms with van der Waals surface area (Å²) in [7, 11) is 0. The van der Waals surface area contributed by atoms with Crippen LogP contribution in [-0.4, -0.2) is 40.4 Å². The van der Waals surface area contributed by atoms with Gasteiger partial charge in [0, 0.05) is 25.1 Å². The Morgan fingerprint density at radius 1 is 1.30 bits per heavy atom. The highest BCUT2D eigenvalue weighted by Crippen LogP contribution is 2.17. The normalized spacial score (nSPS) is 15.2. The van der Waals surface area contributed by atoms with Gasteiger partial charge in [0.25, 0.3) is 0 Å². The van der Waals surface area contributed by atoms with Gasteiger partial charge in [0.15, 0.2) is 0 Å². The molecule has 1 aliphatic heterocycles. The molecule has 0 atom stereocenters. The maximum absolute atomic E-state index is 12.1. The molecule has 1 fully saturated rings. The number of hydrogen-bond acceptors (Lipinski definition) is 5. The molecule has 6 nitrogen and oxygen atoms in total. The van der Waals surface area contributed by atoms with E-state index in [1.807, 2.05) is 18.7 Å². The minimum absolute atomic E-state index is 0.124. The molecule has 3 N–H and O–H groups in total. The van der Waals surface area contributed by atoms with Gasteiger partial charge in [0.05, 0.1) is 6.54 Å². The van der Waals surface area contributed by atoms with Crippen LogP contribution in [-0.2, 0) is 11.2 Å². The first-order chi connectivity index (χ1) is 9.61. The maximum Gasteiger partial charge on any atom is 0.241 e. The van der Waals surface area contributed by atoms with Gasteiger partial charge in [-0.05, 0) is 26.2 Å². The summed E-state index contributed by atoms with van der Waals surface area (Å²) in [6.45, 7) is 5.84. The number of likely N-dealkylation sites (tertiary alicyclic amines) is 1. The summed E-state index contributed by atoms with van der Waals surface area (Å²) in [5.41, 5.74) is 6.66. The molecule has 1 aromatic heterocycles. The third-order valence-corrected chi connectivity index (χ3v) is 3.66. The number of nitrogen functional groups attached to an aromatic ring is 1. The highest BCUT2D eigenvalue weighted by Gasteiger charge is 2.17. The smallest absolute Gasteiger partial charge is 0.241 e. The fraction of sp³-hybridized carbons (Fsp3) is 0.643. The minimum Gasteiger partial charge on any atom is -0.383 e. The van der Waals surface area contributed by atoms with Crippen LogP contribution in [0.15, 0.2) is 0 Å². The predicted molar refractivity (Wildman–Crippen MR) is 79.5 cm³/mol. The van der Waals surface area contributed by atoms with Crippen LogP contribution in [0.1, 0.15) is 37.6 Å². The number of aromatic nitrogens is 2. The first-order valence-corrected chi connectivity index (χ1v) is 7.26. The van der Waals surface area contributed by atoms with Crippen LogP contribution in [0, 0.1) is 6.92 Å². The summed E-state index contributed by atoms with van der Waals surface area (Å²) in [5, 5.41) is 3.10. The lowest BCUT2D eigenvalue weighted by Crippen LogP contribution is -2.39. The molecule has 110 valence electrons. The Balaban J connectivity index is 1.99. The fourth-order valence-electron chi connectivity index (χ4n) is 2.33. The number of hydrogen-bond donors (Lipinski definition) is 2. The number of nitrogens with zero attached hydrogens (tertiary/aromatic N) is 3. The molecule has 2 heterocycles. The van der Waals surface area contributed by atoms with Crippen molar-refractivity contribution in [1.29, 1.82) is 0 Å². The maximum atomic E-state index is 12.1. The number of nitrogens with one attached hydrogen (secondary N) is 1. The van der Waals surface area contributed by atoms with E-state index < -0.39 is 0 Å². The zero-order valence-corrected chi connectivity index (χ0v) is 12.3. The molecular formula is C14H23N5O. The van der Waals surface area contributed by atoms with Crippen LogP contribution in [0.5, 0.6) is 0 Å². The summed E-state index contributed by atoms with van der Waals surface area (Å²) in [6, 6.07) is 0. The predicted octanol–water partition coefficient (Wildman–Crippen LogP) is 1.35. The van der Waals surface area contributed by atoms with Crippen molar-refractivity contribution in [3.63, 3.8) is 0 Å². The molecule has 0 unspecified atom stereocenters. The van der Waals surface area contributed by atoms with Crippen molar-refractivity contribution in [2.75, 3.05) is 30.7 Å². The molecular weight excluding hydrogens is 254 g/mol. The Kier molecular flexibility index (Phi) is 4.76. The first-order valence-electron chi connectivity index (χ1n) is 7.26. The molecule has 1 saturated heterocycles. The fourth-order valence-corrected chi connectivity index (χ4v) is 2.33. The van der Waals surface area contributed by atoms with Crippen molar-refractivity contribution < 1.29 is 4.79 Å². The van der Waals surface area contributed by atoms with E-state index in [1.165, 1.54) is 6.42 Å². The minimum atomic E-state index is 0.124. The second kappa shape index (κ2) is 6.54. The van der Waals surface area contributed by atoms with Gasteiger partial charge in [-0.15, -0.1) is 0 Å². The van der Waals surface area contributed by atoms with Crippen molar-refractivity contribution in [3.8, 4) is 0 Å². The number of nitrogens with two attached hydrogens (primary N) is 1. The highest BCUT2D eigenvalue weighted by atomic mass is 16.2. The van der Waals surface area contributed by atoms with Crippen LogP contribution in [0.4, 0.5) is 11.6 Å². The Morgan fingerprint density at radius 3 is 2.65 bits per heavy atom. The van der Waals surface area contributed by atoms with Gasteiger partial charge in [-0.3, -0.25) is 4.79 Å². The van der Waals surface area contributed by atoms with E-state index in [0.717, 1.165) is 37.9 Å². The van der Waals surface area contributed by atoms with Gasteiger partial charge in [-0.2, -0.15) is 0 Å². The summed E-state index contributed by atoms with van der Waals surface area (Å²) in [6.07, 6.45) is 4.15. The van der Waals surface area contributed by atoms with Crippen LogP contribution in [0.3, 0.4) is 0 Å². The quantitative estimate of drug-likeness (QED) is 0.868. The summed E-state index contributed by atoms with van der Waals surface area (Å²) in [4.78, 5) is 22.6. The Bertz CT molecular complexity index is 483. The molecule has 2 rings (SSSR count). The molecule has 20 heavy (non-hydrogen) atoms. The van der Waals surface area contributed by atoms with E-state index in [9.17, 15) is 4.79 Å². The Hall–Kier alpha value is -1.85. The standard InChI is InChI=1S/C14H23N5O/c1-3-11-17-13(15)10(2)14(18-11)16-9-12(20)19-7-5-4-6-8-19/h3-9H2,1-2H3,(H3,15,16,17,18). The molecule has 0 saturated carbocycles. The van der Waals surface area contributed by atoms with E-state index in [-0.39, 0.29) is 12.5 Å². The number of aryl methyl sites for hydroxylation is 1. The third-order valence-electron chi connectivity index (χ3n) is 3.66. The first kappa shape index (κ1) is 14.6. The molecule has 1 amide bonds. The number of amides is 1. The van der Waals surface area contributed by atoms with E-state index in [1.54, 1.807) is 0 Å². The zero-order chi connectivity index (χ0) is 14.5. The monoisotopic (exact) mass is 277 g/mol. The SMILES string of the molecule is CCc1nc(N)c(C)c(NCC(=O)N2CCCCC2)n1. The van der Waals surface area contributed by atoms with Crippen molar-refractivity contribution >= 4 is 17.5 Å². The summed E-state index contributed by atoms with van der Waals surface area (Å²) < 4.78 is 0. The van der Waals surface area contributed by atoms with E-state index in [0.29, 0.717) is 17.5 Å². The summed E-state index contributed by atoms with van der Waals surface area (Å²) in [5.74, 6) is 1.96. The van der Waals surface area contributed by atoms with Crippen LogP contribution >= 0.6 is 0 Å². The number of rotatable bonds is 4. The molecule has 0 aromatic carbocycles. The van der Waals surface area contributed by atoms with Gasteiger partial charge in [0.2, 0.25) is 5.91 Å². The van der Waals surface area contributed by atoms with Gasteiger partial charge in [0.1, 0.15) is 17.5 Å². The number of carbonyl (C=O) groups excluding carboxylic acids is 1. The number of carbonyl (C=O) groups is 1. The average molecular weight is 277 g/mol. The Labute approximate surface area is 119 Å². The van der Waals surface area contributed by atoms with Gasteiger partial charge in [-0.1, -0.05) is 6.92 Å². The number of anilines is 2. The lowest BCUT2D eigenvalue weighted by Gasteiger charge is -2.27. The van der Waals surface area contributed by atoms with Gasteiger partial charge in [-0.25, -0.2) is 9.97 Å². The van der Waals surface area contributed by atoms with Crippen molar-refractivity contribution in [2.24, 2.45) is 0 Å². The molecule has 0 spiro atoms. The molecule has 0 aliphatic carbocycles. The van der Waals surface area contributed by atoms with Crippen molar-refractivity contribution in [3.05, 3.63) is 11.4 Å². The van der Waals surface area contributed by atoms with E-state index in [2.05, 4.69) is 15.3 Å². The summed E-state index contributed by atoms with van der Waals surface area (Å²) >= 11 is 0. The number of piperidine rings is 1. The van der Waals surface area contributed by atoms with E-state index in [4.69, 9.17) is 5.73 Å². The zero-order valence-electron chi connectivity index (χ0n) is 12.3. The average Bonchev–Trinajstić information content (AvgIpc) is 2.49. The molecule has 0 bridgehead atoms. The Morgan fingerprint density at radius 2 is 2.00 bits per heavy atom. The largest absolute Gasteiger partial charge is 0.383 e. The molecule has 0 radical (unpaired) electrons. The van der Waals surface area contributed by atoms with Gasteiger partial charge >= 0.3 is 0 Å². The van der Waals surface area contributed by atoms with Crippen LogP contribution in [0.2, 0.25) is 0 Å². The molecule has 1 aliphatic rings.